The molecule has 0 fully saturated rings. The van der Waals surface area contributed by atoms with Crippen molar-refractivity contribution in [1.82, 2.24) is 0 Å². The van der Waals surface area contributed by atoms with Crippen LogP contribution in [0.4, 0.5) is 4.39 Å². The van der Waals surface area contributed by atoms with Gasteiger partial charge in [-0.05, 0) is 0 Å². The molecule has 1 unspecified atom stereocenters. The fourth-order valence-corrected chi connectivity index (χ4v) is 1.56. The van der Waals surface area contributed by atoms with E-state index >= 15 is 0 Å². The van der Waals surface area contributed by atoms with Gasteiger partial charge in [-0.3, -0.25) is 0 Å². The molecule has 0 saturated heterocycles. The van der Waals surface area contributed by atoms with Crippen LogP contribution in [0.2, 0.25) is 5.02 Å². The van der Waals surface area contributed by atoms with Crippen molar-refractivity contribution in [3.05, 3.63) is 34.6 Å². The molecular formula is C7H5BrCl2FZn. The molecule has 0 amide bonds. The van der Waals surface area contributed by atoms with Gasteiger partial charge in [-0.2, -0.15) is 0 Å². The molecule has 1 aromatic rings. The molecule has 63 valence electrons. The number of rotatable bonds is 1. The Hall–Kier alpha value is 0.833. The number of hydrogen-bond donors (Lipinski definition) is 0. The van der Waals surface area contributed by atoms with Crippen LogP contribution in [-0.2, 0) is 18.3 Å². The molecular weight excluding hydrogens is 319 g/mol. The second-order valence-corrected chi connectivity index (χ2v) is 5.87. The molecule has 0 aromatic heterocycles. The van der Waals surface area contributed by atoms with Crippen LogP contribution in [0.1, 0.15) is 9.53 Å². The van der Waals surface area contributed by atoms with Gasteiger partial charge in [-0.15, -0.1) is 17.0 Å². The molecule has 0 spiro atoms. The monoisotopic (exact) mass is 321 g/mol. The molecule has 0 aliphatic rings. The Labute approximate surface area is 101 Å². The van der Waals surface area contributed by atoms with Crippen molar-refractivity contribution in [2.75, 3.05) is 0 Å². The Morgan fingerprint density at radius 2 is 2.00 bits per heavy atom. The van der Waals surface area contributed by atoms with Crippen LogP contribution in [0.15, 0.2) is 18.2 Å². The minimum absolute atomic E-state index is 0. The van der Waals surface area contributed by atoms with E-state index in [9.17, 15) is 4.39 Å². The molecule has 0 aliphatic heterocycles. The van der Waals surface area contributed by atoms with E-state index in [1.807, 2.05) is 0 Å². The van der Waals surface area contributed by atoms with Crippen molar-refractivity contribution in [3.63, 3.8) is 0 Å². The molecule has 1 atom stereocenters. The Bertz CT molecular complexity index is 268. The summed E-state index contributed by atoms with van der Waals surface area (Å²) in [5, 5.41) is 0.140. The topological polar surface area (TPSA) is 0 Å². The Morgan fingerprint density at radius 3 is 2.42 bits per heavy atom. The normalized spacial score (nSPS) is 12.1. The fraction of sp³-hybridized carbons (Fsp3) is 0.143. The summed E-state index contributed by atoms with van der Waals surface area (Å²) in [6.45, 7) is 0. The van der Waals surface area contributed by atoms with Gasteiger partial charge in [0.2, 0.25) is 0 Å². The summed E-state index contributed by atoms with van der Waals surface area (Å²) in [7, 11) is 0. The number of benzene rings is 1. The van der Waals surface area contributed by atoms with E-state index in [2.05, 4.69) is 0 Å². The molecule has 0 aliphatic carbocycles. The predicted octanol–water partition coefficient (Wildman–Crippen LogP) is 3.84. The van der Waals surface area contributed by atoms with Gasteiger partial charge in [0.15, 0.2) is 0 Å². The number of alkyl halides is 1. The van der Waals surface area contributed by atoms with Crippen molar-refractivity contribution in [2.24, 2.45) is 0 Å². The van der Waals surface area contributed by atoms with E-state index in [1.165, 1.54) is 6.07 Å². The van der Waals surface area contributed by atoms with Crippen molar-refractivity contribution in [1.29, 1.82) is 0 Å². The third kappa shape index (κ3) is 3.29. The fourth-order valence-electron chi connectivity index (χ4n) is 0.707. The average Bonchev–Trinajstić information content (AvgIpc) is 1.94. The van der Waals surface area contributed by atoms with Crippen LogP contribution >= 0.6 is 40.2 Å². The maximum absolute atomic E-state index is 12.6. The molecule has 12 heavy (non-hydrogen) atoms. The van der Waals surface area contributed by atoms with Crippen molar-refractivity contribution < 1.29 is 22.7 Å². The summed E-state index contributed by atoms with van der Waals surface area (Å²) in [4.78, 5) is 0. The quantitative estimate of drug-likeness (QED) is 0.544. The van der Waals surface area contributed by atoms with Crippen LogP contribution in [-0.4, -0.2) is 0 Å². The minimum atomic E-state index is -0.396. The summed E-state index contributed by atoms with van der Waals surface area (Å²) in [6.07, 6.45) is 0. The number of hydrogen-bond acceptors (Lipinski definition) is 0. The van der Waals surface area contributed by atoms with Gasteiger partial charge in [0.25, 0.3) is 0 Å². The molecule has 5 heteroatoms. The second kappa shape index (κ2) is 5.54. The predicted molar refractivity (Wildman–Crippen MR) is 50.3 cm³/mol. The second-order valence-electron chi connectivity index (χ2n) is 2.14. The zero-order chi connectivity index (χ0) is 8.43. The zero-order valence-electron chi connectivity index (χ0n) is 6.06. The molecule has 0 nitrogen and oxygen atoms in total. The first-order valence-electron chi connectivity index (χ1n) is 3.03. The third-order valence-electron chi connectivity index (χ3n) is 1.31. The summed E-state index contributed by atoms with van der Waals surface area (Å²) in [6, 6.07) is 4.56. The summed E-state index contributed by atoms with van der Waals surface area (Å²) in [5.41, 5.74) is 0.887. The van der Waals surface area contributed by atoms with Crippen LogP contribution in [0.5, 0.6) is 0 Å². The van der Waals surface area contributed by atoms with Crippen LogP contribution in [0.3, 0.4) is 0 Å². The van der Waals surface area contributed by atoms with E-state index in [1.54, 1.807) is 12.1 Å². The average molecular weight is 324 g/mol. The number of halogens is 4. The van der Waals surface area contributed by atoms with E-state index in [0.717, 1.165) is 23.9 Å². The summed E-state index contributed by atoms with van der Waals surface area (Å²) in [5.74, 6) is -0.396. The van der Waals surface area contributed by atoms with E-state index < -0.39 is 5.82 Å². The first kappa shape index (κ1) is 12.8. The Kier molecular flexibility index (Phi) is 5.92. The van der Waals surface area contributed by atoms with Gasteiger partial charge in [0.1, 0.15) is 0 Å². The molecule has 1 aromatic carbocycles. The summed E-state index contributed by atoms with van der Waals surface area (Å²) >= 11 is 12.3. The van der Waals surface area contributed by atoms with Gasteiger partial charge in [-0.25, -0.2) is 0 Å². The van der Waals surface area contributed by atoms with Gasteiger partial charge in [0, 0.05) is 0 Å². The first-order chi connectivity index (χ1) is 5.11. The molecule has 0 saturated carbocycles. The molecule has 0 heterocycles. The zero-order valence-corrected chi connectivity index (χ0v) is 12.3. The Morgan fingerprint density at radius 1 is 1.42 bits per heavy atom. The third-order valence-corrected chi connectivity index (χ3v) is 2.84. The molecule has 0 radical (unpaired) electrons. The first-order valence-corrected chi connectivity index (χ1v) is 5.56. The molecule has 0 N–H and O–H groups in total. The van der Waals surface area contributed by atoms with Gasteiger partial charge < -0.3 is 0 Å². The van der Waals surface area contributed by atoms with Gasteiger partial charge in [0.05, 0.1) is 0 Å². The van der Waals surface area contributed by atoms with E-state index in [4.69, 9.17) is 23.2 Å². The van der Waals surface area contributed by atoms with Gasteiger partial charge in [-0.1, -0.05) is 0 Å². The molecule has 0 bridgehead atoms. The summed E-state index contributed by atoms with van der Waals surface area (Å²) < 4.78 is 12.6. The van der Waals surface area contributed by atoms with E-state index in [0.29, 0.717) is 0 Å². The SMILES string of the molecule is Br.Fc1ccc([CH](Cl)[Zn])cc1Cl. The van der Waals surface area contributed by atoms with Crippen molar-refractivity contribution in [3.8, 4) is 0 Å². The van der Waals surface area contributed by atoms with Crippen LogP contribution in [0, 0.1) is 5.82 Å². The van der Waals surface area contributed by atoms with Crippen molar-refractivity contribution >= 4 is 40.2 Å². The van der Waals surface area contributed by atoms with Gasteiger partial charge >= 0.3 is 84.5 Å². The van der Waals surface area contributed by atoms with E-state index in [-0.39, 0.29) is 26.0 Å². The standard InChI is InChI=1S/C7H4Cl2F.BrH.Zn/c8-4-5-1-2-7(10)6(9)3-5;;/h1-4H;1H;. The molecule has 1 rings (SSSR count). The Balaban J connectivity index is 0.00000121. The van der Waals surface area contributed by atoms with Crippen molar-refractivity contribution in [2.45, 2.75) is 3.97 Å². The van der Waals surface area contributed by atoms with Crippen LogP contribution < -0.4 is 0 Å². The maximum atomic E-state index is 12.6. The van der Waals surface area contributed by atoms with Crippen LogP contribution in [0.25, 0.3) is 0 Å².